The van der Waals surface area contributed by atoms with Crippen LogP contribution in [0.1, 0.15) is 113 Å². The lowest BCUT2D eigenvalue weighted by Crippen LogP contribution is -2.13. The van der Waals surface area contributed by atoms with E-state index in [4.69, 9.17) is 23.7 Å². The first-order chi connectivity index (χ1) is 28.1. The Kier molecular flexibility index (Phi) is 16.0. The minimum atomic E-state index is -1.82. The van der Waals surface area contributed by atoms with Gasteiger partial charge in [0.1, 0.15) is 28.7 Å². The summed E-state index contributed by atoms with van der Waals surface area (Å²) in [5, 5.41) is 0. The number of ether oxygens (including phenoxy) is 5. The second-order valence-corrected chi connectivity index (χ2v) is 13.4. The van der Waals surface area contributed by atoms with Crippen molar-refractivity contribution in [1.29, 1.82) is 0 Å². The van der Waals surface area contributed by atoms with Gasteiger partial charge in [0.2, 0.25) is 0 Å². The van der Waals surface area contributed by atoms with E-state index in [9.17, 15) is 32.3 Å². The molecule has 0 amide bonds. The molecule has 0 radical (unpaired) electrons. The van der Waals surface area contributed by atoms with Crippen LogP contribution in [0.15, 0.2) is 109 Å². The lowest BCUT2D eigenvalue weighted by Gasteiger charge is -2.09. The first-order valence-electron chi connectivity index (χ1n) is 19.2. The van der Waals surface area contributed by atoms with Crippen molar-refractivity contribution in [2.24, 2.45) is 0 Å². The number of benzene rings is 5. The van der Waals surface area contributed by atoms with Crippen LogP contribution in [-0.2, 0) is 0 Å². The Balaban J connectivity index is 1.03. The van der Waals surface area contributed by atoms with Crippen LogP contribution in [0.5, 0.6) is 28.7 Å². The Bertz CT molecular complexity index is 2150. The highest BCUT2D eigenvalue weighted by molar-refractivity contribution is 5.94. The summed E-state index contributed by atoms with van der Waals surface area (Å²) in [4.78, 5) is 50.6. The molecule has 0 saturated carbocycles. The van der Waals surface area contributed by atoms with Gasteiger partial charge in [-0.25, -0.2) is 32.3 Å². The van der Waals surface area contributed by atoms with E-state index < -0.39 is 46.9 Å². The van der Waals surface area contributed by atoms with Crippen molar-refractivity contribution >= 4 is 23.9 Å². The van der Waals surface area contributed by atoms with Crippen molar-refractivity contribution < 1.29 is 56.0 Å². The summed E-state index contributed by atoms with van der Waals surface area (Å²) in [6.45, 7) is 2.86. The van der Waals surface area contributed by atoms with Crippen LogP contribution < -0.4 is 23.7 Å². The fourth-order valence-corrected chi connectivity index (χ4v) is 5.73. The molecule has 0 aliphatic heterocycles. The first kappa shape index (κ1) is 42.7. The summed E-state index contributed by atoms with van der Waals surface area (Å²) in [6.07, 6.45) is 12.5. The van der Waals surface area contributed by atoms with E-state index in [0.29, 0.717) is 24.2 Å². The molecule has 58 heavy (non-hydrogen) atoms. The van der Waals surface area contributed by atoms with E-state index in [1.54, 1.807) is 24.3 Å². The van der Waals surface area contributed by atoms with Gasteiger partial charge in [-0.05, 0) is 110 Å². The predicted molar refractivity (Wildman–Crippen MR) is 209 cm³/mol. The van der Waals surface area contributed by atoms with E-state index in [1.165, 1.54) is 118 Å². The number of halogens is 3. The third kappa shape index (κ3) is 12.8. The molecule has 0 aliphatic rings. The zero-order valence-electron chi connectivity index (χ0n) is 32.0. The maximum absolute atomic E-state index is 14.0. The molecule has 0 N–H and O–H groups in total. The minimum absolute atomic E-state index is 0.0515. The van der Waals surface area contributed by atoms with Gasteiger partial charge in [0.25, 0.3) is 0 Å². The molecule has 5 aromatic rings. The van der Waals surface area contributed by atoms with E-state index in [2.05, 4.69) is 6.92 Å². The summed E-state index contributed by atoms with van der Waals surface area (Å²) in [7, 11) is 0. The Morgan fingerprint density at radius 2 is 0.879 bits per heavy atom. The molecule has 0 atom stereocenters. The maximum Gasteiger partial charge on any atom is 0.346 e. The summed E-state index contributed by atoms with van der Waals surface area (Å²) in [5.41, 5.74) is -0.504. The highest BCUT2D eigenvalue weighted by atomic mass is 19.2. The van der Waals surface area contributed by atoms with Crippen molar-refractivity contribution in [3.05, 3.63) is 149 Å². The molecule has 302 valence electrons. The molecule has 0 unspecified atom stereocenters. The average Bonchev–Trinajstić information content (AvgIpc) is 3.23. The number of esters is 4. The van der Waals surface area contributed by atoms with Gasteiger partial charge in [-0.1, -0.05) is 70.8 Å². The molecule has 0 aliphatic carbocycles. The topological polar surface area (TPSA) is 114 Å². The molecule has 0 fully saturated rings. The van der Waals surface area contributed by atoms with Crippen molar-refractivity contribution in [1.82, 2.24) is 0 Å². The maximum atomic E-state index is 14.0. The number of rotatable bonds is 20. The normalized spacial score (nSPS) is 10.8. The summed E-state index contributed by atoms with van der Waals surface area (Å²) >= 11 is 0. The quantitative estimate of drug-likeness (QED) is 0.0328. The van der Waals surface area contributed by atoms with Gasteiger partial charge in [0.05, 0.1) is 28.9 Å². The Labute approximate surface area is 334 Å². The molecule has 9 nitrogen and oxygen atoms in total. The molecule has 12 heteroatoms. The number of unbranched alkanes of at least 4 members (excludes halogenated alkanes) is 9. The molecular weight excluding hydrogens is 753 g/mol. The minimum Gasteiger partial charge on any atom is -0.494 e. The number of carbonyl (C=O) groups is 4. The lowest BCUT2D eigenvalue weighted by molar-refractivity contribution is 0.0710. The average molecular weight is 797 g/mol. The van der Waals surface area contributed by atoms with Gasteiger partial charge in [-0.3, -0.25) is 0 Å². The van der Waals surface area contributed by atoms with Crippen molar-refractivity contribution in [2.45, 2.75) is 71.1 Å². The lowest BCUT2D eigenvalue weighted by atomic mass is 10.1. The van der Waals surface area contributed by atoms with Crippen molar-refractivity contribution in [3.63, 3.8) is 0 Å². The fraction of sp³-hybridized carbons (Fsp3) is 0.261. The van der Waals surface area contributed by atoms with Gasteiger partial charge in [0, 0.05) is 0 Å². The van der Waals surface area contributed by atoms with Crippen LogP contribution in [0.4, 0.5) is 13.2 Å². The van der Waals surface area contributed by atoms with Gasteiger partial charge >= 0.3 is 23.9 Å². The van der Waals surface area contributed by atoms with Gasteiger partial charge in [0.15, 0.2) is 17.5 Å². The highest BCUT2D eigenvalue weighted by Gasteiger charge is 2.21. The summed E-state index contributed by atoms with van der Waals surface area (Å²) in [5.74, 6) is -7.34. The fourth-order valence-electron chi connectivity index (χ4n) is 5.73. The Morgan fingerprint density at radius 1 is 0.431 bits per heavy atom. The van der Waals surface area contributed by atoms with Crippen LogP contribution in [0.25, 0.3) is 0 Å². The van der Waals surface area contributed by atoms with Crippen LogP contribution in [-0.4, -0.2) is 30.5 Å². The standard InChI is InChI=1S/C46H43F3O9/c1-2-3-4-5-6-7-8-9-10-11-29-54-34-23-25-37(26-24-34)56-44(51)32-15-19-35(20-16-32)55-43(50)31-17-21-36(22-18-31)57-45(52)33-13-12-14-38(30-33)58-46(53)39-27-28-40(47)42(49)41(39)48/h12-28,30H,2-11,29H2,1H3. The SMILES string of the molecule is CCCCCCCCCCCCOc1ccc(OC(=O)c2ccc(OC(=O)c3ccc(OC(=O)c4cccc(OC(=O)c5ccc(F)c(F)c5F)c4)cc3)cc2)cc1. The smallest absolute Gasteiger partial charge is 0.346 e. The van der Waals surface area contributed by atoms with Gasteiger partial charge in [-0.2, -0.15) is 0 Å². The summed E-state index contributed by atoms with van der Waals surface area (Å²) in [6, 6.07) is 24.6. The van der Waals surface area contributed by atoms with Crippen molar-refractivity contribution in [3.8, 4) is 28.7 Å². The second-order valence-electron chi connectivity index (χ2n) is 13.4. The predicted octanol–water partition coefficient (Wildman–Crippen LogP) is 11.3. The van der Waals surface area contributed by atoms with E-state index in [-0.39, 0.29) is 33.9 Å². The number of hydrogen-bond donors (Lipinski definition) is 0. The zero-order chi connectivity index (χ0) is 41.3. The van der Waals surface area contributed by atoms with Crippen LogP contribution in [0, 0.1) is 17.5 Å². The third-order valence-corrected chi connectivity index (χ3v) is 8.94. The molecule has 0 bridgehead atoms. The Hall–Kier alpha value is -6.43. The Morgan fingerprint density at radius 3 is 1.41 bits per heavy atom. The second kappa shape index (κ2) is 21.8. The molecule has 0 spiro atoms. The van der Waals surface area contributed by atoms with E-state index in [0.717, 1.165) is 25.0 Å². The van der Waals surface area contributed by atoms with E-state index >= 15 is 0 Å². The van der Waals surface area contributed by atoms with Crippen molar-refractivity contribution in [2.75, 3.05) is 6.61 Å². The molecular formula is C46H43F3O9. The molecule has 0 aromatic heterocycles. The number of hydrogen-bond acceptors (Lipinski definition) is 9. The summed E-state index contributed by atoms with van der Waals surface area (Å²) < 4.78 is 67.9. The molecule has 5 aromatic carbocycles. The molecule has 5 rings (SSSR count). The largest absolute Gasteiger partial charge is 0.494 e. The zero-order valence-corrected chi connectivity index (χ0v) is 32.0. The van der Waals surface area contributed by atoms with E-state index in [1.807, 2.05) is 0 Å². The van der Waals surface area contributed by atoms with Crippen LogP contribution in [0.3, 0.4) is 0 Å². The number of carbonyl (C=O) groups excluding carboxylic acids is 4. The monoisotopic (exact) mass is 796 g/mol. The van der Waals surface area contributed by atoms with Gasteiger partial charge < -0.3 is 23.7 Å². The van der Waals surface area contributed by atoms with Crippen LogP contribution >= 0.6 is 0 Å². The molecule has 0 saturated heterocycles. The third-order valence-electron chi connectivity index (χ3n) is 8.94. The molecule has 0 heterocycles. The van der Waals surface area contributed by atoms with Crippen LogP contribution in [0.2, 0.25) is 0 Å². The first-order valence-corrected chi connectivity index (χ1v) is 19.2. The highest BCUT2D eigenvalue weighted by Crippen LogP contribution is 2.23. The van der Waals surface area contributed by atoms with Gasteiger partial charge in [-0.15, -0.1) is 0 Å².